The number of rotatable bonds is 2. The maximum Gasteiger partial charge on any atom is 0.252 e. The van der Waals surface area contributed by atoms with Crippen molar-refractivity contribution in [1.82, 2.24) is 4.98 Å². The first-order valence-corrected chi connectivity index (χ1v) is 7.30. The Bertz CT molecular complexity index is 926. The summed E-state index contributed by atoms with van der Waals surface area (Å²) in [5.74, 6) is -0.482. The van der Waals surface area contributed by atoms with Crippen molar-refractivity contribution in [2.24, 2.45) is 5.73 Å². The minimum atomic E-state index is -0.521. The molecule has 0 saturated carbocycles. The average molecular weight is 293 g/mol. The van der Waals surface area contributed by atoms with Gasteiger partial charge in [0.15, 0.2) is 0 Å². The molecule has 0 aliphatic carbocycles. The summed E-state index contributed by atoms with van der Waals surface area (Å²) in [6.45, 7) is 0.630. The molecule has 2 amide bonds. The Kier molecular flexibility index (Phi) is 2.69. The van der Waals surface area contributed by atoms with E-state index in [1.807, 2.05) is 36.4 Å². The van der Waals surface area contributed by atoms with Gasteiger partial charge in [-0.1, -0.05) is 24.3 Å². The fourth-order valence-corrected chi connectivity index (χ4v) is 3.28. The van der Waals surface area contributed by atoms with Crippen molar-refractivity contribution in [2.75, 3.05) is 11.4 Å². The van der Waals surface area contributed by atoms with Gasteiger partial charge >= 0.3 is 0 Å². The largest absolute Gasteiger partial charge is 0.365 e. The number of amides is 2. The van der Waals surface area contributed by atoms with Crippen LogP contribution in [-0.4, -0.2) is 23.3 Å². The number of nitrogens with one attached hydrogen (secondary N) is 1. The number of fused-ring (bicyclic) bond motifs is 3. The normalized spacial score (nSPS) is 15.1. The van der Waals surface area contributed by atoms with Crippen LogP contribution >= 0.6 is 0 Å². The molecule has 2 aromatic carbocycles. The van der Waals surface area contributed by atoms with E-state index in [1.54, 1.807) is 4.90 Å². The first-order valence-electron chi connectivity index (χ1n) is 7.30. The van der Waals surface area contributed by atoms with E-state index in [0.29, 0.717) is 29.7 Å². The highest BCUT2D eigenvalue weighted by molar-refractivity contribution is 6.19. The van der Waals surface area contributed by atoms with Crippen LogP contribution in [-0.2, 0) is 4.79 Å². The monoisotopic (exact) mass is 293 g/mol. The lowest BCUT2D eigenvalue weighted by molar-refractivity contribution is -0.117. The molecule has 0 spiro atoms. The van der Waals surface area contributed by atoms with Crippen LogP contribution in [0.25, 0.3) is 21.8 Å². The number of carbonyl (C=O) groups is 2. The lowest BCUT2D eigenvalue weighted by Crippen LogP contribution is -2.27. The first kappa shape index (κ1) is 12.9. The lowest BCUT2D eigenvalue weighted by atomic mass is 10.1. The van der Waals surface area contributed by atoms with Gasteiger partial charge in [0.25, 0.3) is 5.91 Å². The molecule has 0 bridgehead atoms. The van der Waals surface area contributed by atoms with E-state index in [-0.39, 0.29) is 5.91 Å². The molecule has 1 aromatic heterocycles. The van der Waals surface area contributed by atoms with Crippen LogP contribution in [0.1, 0.15) is 23.2 Å². The van der Waals surface area contributed by atoms with E-state index in [0.717, 1.165) is 22.7 Å². The zero-order valence-electron chi connectivity index (χ0n) is 11.9. The summed E-state index contributed by atoms with van der Waals surface area (Å²) < 4.78 is 0. The number of benzene rings is 2. The molecule has 2 heterocycles. The highest BCUT2D eigenvalue weighted by Gasteiger charge is 2.27. The number of nitrogens with two attached hydrogens (primary N) is 1. The summed E-state index contributed by atoms with van der Waals surface area (Å²) in [6.07, 6.45) is 1.32. The predicted octanol–water partition coefficient (Wildman–Crippen LogP) is 2.55. The molecular weight excluding hydrogens is 278 g/mol. The zero-order chi connectivity index (χ0) is 15.3. The summed E-state index contributed by atoms with van der Waals surface area (Å²) in [5.41, 5.74) is 8.27. The van der Waals surface area contributed by atoms with Gasteiger partial charge in [0.1, 0.15) is 0 Å². The molecule has 0 unspecified atom stereocenters. The number of primary amides is 1. The molecule has 1 saturated heterocycles. The first-order chi connectivity index (χ1) is 10.7. The third kappa shape index (κ3) is 1.72. The van der Waals surface area contributed by atoms with Crippen molar-refractivity contribution in [3.05, 3.63) is 42.0 Å². The van der Waals surface area contributed by atoms with Crippen molar-refractivity contribution in [3.8, 4) is 0 Å². The summed E-state index contributed by atoms with van der Waals surface area (Å²) in [6, 6.07) is 11.6. The minimum absolute atomic E-state index is 0.0398. The molecule has 3 N–H and O–H groups in total. The third-order valence-corrected chi connectivity index (χ3v) is 4.27. The molecular formula is C17H15N3O2. The number of aromatic nitrogens is 1. The Morgan fingerprint density at radius 1 is 1.14 bits per heavy atom. The number of hydrogen-bond donors (Lipinski definition) is 2. The Morgan fingerprint density at radius 3 is 2.68 bits per heavy atom. The van der Waals surface area contributed by atoms with Crippen LogP contribution in [0, 0.1) is 0 Å². The van der Waals surface area contributed by atoms with Crippen LogP contribution in [0.2, 0.25) is 0 Å². The smallest absolute Gasteiger partial charge is 0.252 e. The van der Waals surface area contributed by atoms with Gasteiger partial charge in [-0.05, 0) is 18.6 Å². The van der Waals surface area contributed by atoms with Crippen molar-refractivity contribution in [1.29, 1.82) is 0 Å². The van der Waals surface area contributed by atoms with E-state index in [2.05, 4.69) is 4.98 Å². The summed E-state index contributed by atoms with van der Waals surface area (Å²) >= 11 is 0. The second-order valence-corrected chi connectivity index (χ2v) is 5.57. The number of anilines is 1. The van der Waals surface area contributed by atoms with Crippen molar-refractivity contribution >= 4 is 39.3 Å². The van der Waals surface area contributed by atoms with E-state index >= 15 is 0 Å². The van der Waals surface area contributed by atoms with Crippen LogP contribution in [0.15, 0.2) is 36.4 Å². The summed E-state index contributed by atoms with van der Waals surface area (Å²) in [7, 11) is 0. The minimum Gasteiger partial charge on any atom is -0.365 e. The molecule has 1 aliphatic heterocycles. The van der Waals surface area contributed by atoms with E-state index < -0.39 is 5.91 Å². The average Bonchev–Trinajstić information content (AvgIpc) is 3.09. The number of H-pyrrole nitrogens is 1. The standard InChI is InChI=1S/C17H15N3O2/c18-17(22)15-13(20-9-3-6-14(20)21)8-7-11-10-4-1-2-5-12(10)19-16(11)15/h1-2,4-5,7-8,19H,3,6,9H2,(H2,18,22). The molecule has 3 aromatic rings. The van der Waals surface area contributed by atoms with Crippen molar-refractivity contribution < 1.29 is 9.59 Å². The number of para-hydroxylation sites is 1. The van der Waals surface area contributed by atoms with Crippen LogP contribution < -0.4 is 10.6 Å². The maximum absolute atomic E-state index is 12.0. The fourth-order valence-electron chi connectivity index (χ4n) is 3.28. The maximum atomic E-state index is 12.0. The van der Waals surface area contributed by atoms with Crippen LogP contribution in [0.5, 0.6) is 0 Å². The van der Waals surface area contributed by atoms with Gasteiger partial charge in [0, 0.05) is 29.3 Å². The lowest BCUT2D eigenvalue weighted by Gasteiger charge is -2.19. The van der Waals surface area contributed by atoms with Gasteiger partial charge < -0.3 is 15.6 Å². The third-order valence-electron chi connectivity index (χ3n) is 4.27. The van der Waals surface area contributed by atoms with E-state index in [1.165, 1.54) is 0 Å². The Balaban J connectivity index is 2.06. The van der Waals surface area contributed by atoms with Crippen molar-refractivity contribution in [2.45, 2.75) is 12.8 Å². The van der Waals surface area contributed by atoms with Crippen LogP contribution in [0.3, 0.4) is 0 Å². The SMILES string of the molecule is NC(=O)c1c(N2CCCC2=O)ccc2c1[nH]c1ccccc12. The van der Waals surface area contributed by atoms with Gasteiger partial charge in [-0.2, -0.15) is 0 Å². The van der Waals surface area contributed by atoms with Gasteiger partial charge in [0.05, 0.1) is 16.8 Å². The number of nitrogens with zero attached hydrogens (tertiary/aromatic N) is 1. The molecule has 5 nitrogen and oxygen atoms in total. The van der Waals surface area contributed by atoms with E-state index in [9.17, 15) is 9.59 Å². The van der Waals surface area contributed by atoms with Gasteiger partial charge in [-0.3, -0.25) is 9.59 Å². The highest BCUT2D eigenvalue weighted by atomic mass is 16.2. The highest BCUT2D eigenvalue weighted by Crippen LogP contribution is 2.34. The van der Waals surface area contributed by atoms with Crippen LogP contribution in [0.4, 0.5) is 5.69 Å². The number of aromatic amines is 1. The molecule has 4 rings (SSSR count). The topological polar surface area (TPSA) is 79.2 Å². The molecule has 0 atom stereocenters. The molecule has 1 fully saturated rings. The molecule has 110 valence electrons. The summed E-state index contributed by atoms with van der Waals surface area (Å²) in [5, 5.41) is 1.99. The van der Waals surface area contributed by atoms with E-state index in [4.69, 9.17) is 5.73 Å². The quantitative estimate of drug-likeness (QED) is 0.761. The Labute approximate surface area is 126 Å². The second-order valence-electron chi connectivity index (χ2n) is 5.57. The molecule has 5 heteroatoms. The number of carbonyl (C=O) groups excluding carboxylic acids is 2. The van der Waals surface area contributed by atoms with Gasteiger partial charge in [-0.15, -0.1) is 0 Å². The van der Waals surface area contributed by atoms with Gasteiger partial charge in [-0.25, -0.2) is 0 Å². The molecule has 1 aliphatic rings. The number of hydrogen-bond acceptors (Lipinski definition) is 2. The predicted molar refractivity (Wildman–Crippen MR) is 85.9 cm³/mol. The molecule has 0 radical (unpaired) electrons. The zero-order valence-corrected chi connectivity index (χ0v) is 11.9. The fraction of sp³-hybridized carbons (Fsp3) is 0.176. The second kappa shape index (κ2) is 4.59. The van der Waals surface area contributed by atoms with Crippen molar-refractivity contribution in [3.63, 3.8) is 0 Å². The summed E-state index contributed by atoms with van der Waals surface area (Å²) in [4.78, 5) is 29.0. The Hall–Kier alpha value is -2.82. The molecule has 22 heavy (non-hydrogen) atoms. The Morgan fingerprint density at radius 2 is 1.95 bits per heavy atom. The van der Waals surface area contributed by atoms with Gasteiger partial charge in [0.2, 0.25) is 5.91 Å².